The molecule has 0 bridgehead atoms. The van der Waals surface area contributed by atoms with E-state index in [1.54, 1.807) is 6.92 Å². The number of aliphatic hydroxyl groups is 1. The van der Waals surface area contributed by atoms with Crippen molar-refractivity contribution in [2.75, 3.05) is 6.61 Å². The third-order valence-electron chi connectivity index (χ3n) is 2.36. The number of ether oxygens (including phenoxy) is 1. The monoisotopic (exact) mass is 214 g/mol. The number of carbonyl (C=O) groups is 1. The minimum absolute atomic E-state index is 0.0742. The van der Waals surface area contributed by atoms with Gasteiger partial charge in [-0.3, -0.25) is 4.79 Å². The van der Waals surface area contributed by atoms with E-state index in [2.05, 4.69) is 13.5 Å². The molecule has 1 N–H and O–H groups in total. The molecule has 3 heteroatoms. The molecule has 0 saturated heterocycles. The Morgan fingerprint density at radius 2 is 2.27 bits per heavy atom. The lowest BCUT2D eigenvalue weighted by Crippen LogP contribution is -2.31. The van der Waals surface area contributed by atoms with Gasteiger partial charge in [0.1, 0.15) is 6.61 Å². The lowest BCUT2D eigenvalue weighted by Gasteiger charge is -2.22. The second-order valence-corrected chi connectivity index (χ2v) is 4.38. The maximum atomic E-state index is 10.6. The standard InChI is InChI=1S/C12H22O3/c1-5-10(2)7-6-8-12(4,14)9-15-11(3)13/h5,10,14H,1,6-9H2,2-4H3. The Kier molecular flexibility index (Phi) is 6.25. The lowest BCUT2D eigenvalue weighted by molar-refractivity contribution is -0.148. The molecule has 88 valence electrons. The highest BCUT2D eigenvalue weighted by Gasteiger charge is 2.21. The van der Waals surface area contributed by atoms with Crippen LogP contribution in [0.5, 0.6) is 0 Å². The molecule has 0 fully saturated rings. The van der Waals surface area contributed by atoms with Crippen molar-refractivity contribution >= 4 is 5.97 Å². The number of hydrogen-bond acceptors (Lipinski definition) is 3. The normalized spacial score (nSPS) is 16.5. The molecule has 0 saturated carbocycles. The Bertz CT molecular complexity index is 209. The first-order valence-corrected chi connectivity index (χ1v) is 5.35. The van der Waals surface area contributed by atoms with Crippen molar-refractivity contribution in [1.82, 2.24) is 0 Å². The van der Waals surface area contributed by atoms with E-state index in [1.807, 2.05) is 6.08 Å². The van der Waals surface area contributed by atoms with E-state index >= 15 is 0 Å². The molecule has 0 rings (SSSR count). The third kappa shape index (κ3) is 8.18. The molecule has 0 aliphatic rings. The van der Waals surface area contributed by atoms with Gasteiger partial charge in [-0.25, -0.2) is 0 Å². The third-order valence-corrected chi connectivity index (χ3v) is 2.36. The van der Waals surface area contributed by atoms with Gasteiger partial charge in [-0.2, -0.15) is 0 Å². The van der Waals surface area contributed by atoms with Crippen molar-refractivity contribution < 1.29 is 14.6 Å². The molecule has 0 aliphatic carbocycles. The van der Waals surface area contributed by atoms with Crippen LogP contribution in [0.4, 0.5) is 0 Å². The van der Waals surface area contributed by atoms with Crippen LogP contribution in [-0.2, 0) is 9.53 Å². The Balaban J connectivity index is 3.73. The van der Waals surface area contributed by atoms with Gasteiger partial charge in [-0.05, 0) is 32.1 Å². The minimum atomic E-state index is -0.910. The lowest BCUT2D eigenvalue weighted by atomic mass is 9.96. The van der Waals surface area contributed by atoms with Gasteiger partial charge in [0.15, 0.2) is 0 Å². The molecule has 0 aromatic heterocycles. The van der Waals surface area contributed by atoms with Crippen LogP contribution in [0.2, 0.25) is 0 Å². The van der Waals surface area contributed by atoms with Gasteiger partial charge in [0.05, 0.1) is 5.60 Å². The van der Waals surface area contributed by atoms with Gasteiger partial charge in [-0.15, -0.1) is 6.58 Å². The summed E-state index contributed by atoms with van der Waals surface area (Å²) in [5.74, 6) is 0.115. The van der Waals surface area contributed by atoms with Gasteiger partial charge in [0.25, 0.3) is 0 Å². The number of hydrogen-bond donors (Lipinski definition) is 1. The van der Waals surface area contributed by atoms with Gasteiger partial charge >= 0.3 is 5.97 Å². The smallest absolute Gasteiger partial charge is 0.302 e. The first-order valence-electron chi connectivity index (χ1n) is 5.35. The highest BCUT2D eigenvalue weighted by atomic mass is 16.5. The molecule has 3 nitrogen and oxygen atoms in total. The largest absolute Gasteiger partial charge is 0.463 e. The van der Waals surface area contributed by atoms with Crippen LogP contribution in [0.25, 0.3) is 0 Å². The fourth-order valence-corrected chi connectivity index (χ4v) is 1.25. The minimum Gasteiger partial charge on any atom is -0.463 e. The summed E-state index contributed by atoms with van der Waals surface area (Å²) in [5, 5.41) is 9.85. The zero-order valence-electron chi connectivity index (χ0n) is 9.95. The van der Waals surface area contributed by atoms with E-state index < -0.39 is 5.60 Å². The Morgan fingerprint density at radius 3 is 2.73 bits per heavy atom. The summed E-state index contributed by atoms with van der Waals surface area (Å²) in [4.78, 5) is 10.6. The van der Waals surface area contributed by atoms with Crippen molar-refractivity contribution in [3.63, 3.8) is 0 Å². The second-order valence-electron chi connectivity index (χ2n) is 4.38. The van der Waals surface area contributed by atoms with Crippen molar-refractivity contribution in [2.24, 2.45) is 5.92 Å². The number of esters is 1. The summed E-state index contributed by atoms with van der Waals surface area (Å²) in [6.45, 7) is 8.90. The summed E-state index contributed by atoms with van der Waals surface area (Å²) in [6, 6.07) is 0. The first-order chi connectivity index (χ1) is 6.87. The van der Waals surface area contributed by atoms with Crippen LogP contribution >= 0.6 is 0 Å². The number of allylic oxidation sites excluding steroid dienone is 1. The van der Waals surface area contributed by atoms with Crippen molar-refractivity contribution in [3.8, 4) is 0 Å². The van der Waals surface area contributed by atoms with E-state index in [4.69, 9.17) is 4.74 Å². The molecule has 0 spiro atoms. The zero-order chi connectivity index (χ0) is 11.9. The zero-order valence-corrected chi connectivity index (χ0v) is 9.95. The Hall–Kier alpha value is -0.830. The maximum Gasteiger partial charge on any atom is 0.302 e. The Labute approximate surface area is 92.1 Å². The fourth-order valence-electron chi connectivity index (χ4n) is 1.25. The SMILES string of the molecule is C=CC(C)CCCC(C)(O)COC(C)=O. The Morgan fingerprint density at radius 1 is 1.67 bits per heavy atom. The van der Waals surface area contributed by atoms with E-state index in [0.717, 1.165) is 12.8 Å². The molecular formula is C12H22O3. The molecule has 15 heavy (non-hydrogen) atoms. The topological polar surface area (TPSA) is 46.5 Å². The van der Waals surface area contributed by atoms with Crippen LogP contribution in [0.1, 0.15) is 40.0 Å². The van der Waals surface area contributed by atoms with Gasteiger partial charge < -0.3 is 9.84 Å². The summed E-state index contributed by atoms with van der Waals surface area (Å²) in [7, 11) is 0. The summed E-state index contributed by atoms with van der Waals surface area (Å²) >= 11 is 0. The van der Waals surface area contributed by atoms with E-state index in [9.17, 15) is 9.90 Å². The van der Waals surface area contributed by atoms with E-state index in [-0.39, 0.29) is 12.6 Å². The first kappa shape index (κ1) is 14.2. The molecule has 2 atom stereocenters. The highest BCUT2D eigenvalue weighted by molar-refractivity contribution is 5.65. The van der Waals surface area contributed by atoms with Crippen LogP contribution < -0.4 is 0 Å². The highest BCUT2D eigenvalue weighted by Crippen LogP contribution is 2.17. The van der Waals surface area contributed by atoms with Crippen LogP contribution in [0, 0.1) is 5.92 Å². The van der Waals surface area contributed by atoms with Crippen molar-refractivity contribution in [3.05, 3.63) is 12.7 Å². The molecular weight excluding hydrogens is 192 g/mol. The van der Waals surface area contributed by atoms with E-state index in [0.29, 0.717) is 12.3 Å². The molecule has 2 unspecified atom stereocenters. The van der Waals surface area contributed by atoms with Crippen molar-refractivity contribution in [1.29, 1.82) is 0 Å². The molecule has 0 aromatic rings. The molecule has 0 heterocycles. The van der Waals surface area contributed by atoms with E-state index in [1.165, 1.54) is 6.92 Å². The van der Waals surface area contributed by atoms with Gasteiger partial charge in [-0.1, -0.05) is 13.0 Å². The van der Waals surface area contributed by atoms with Crippen LogP contribution in [-0.4, -0.2) is 23.3 Å². The van der Waals surface area contributed by atoms with Gasteiger partial charge in [0, 0.05) is 6.92 Å². The summed E-state index contributed by atoms with van der Waals surface area (Å²) in [5.41, 5.74) is -0.910. The summed E-state index contributed by atoms with van der Waals surface area (Å²) < 4.78 is 4.78. The average molecular weight is 214 g/mol. The molecule has 0 radical (unpaired) electrons. The number of carbonyl (C=O) groups excluding carboxylic acids is 1. The number of rotatable bonds is 7. The molecule has 0 aliphatic heterocycles. The average Bonchev–Trinajstić information content (AvgIpc) is 2.14. The molecule has 0 aromatic carbocycles. The van der Waals surface area contributed by atoms with Gasteiger partial charge in [0.2, 0.25) is 0 Å². The quantitative estimate of drug-likeness (QED) is 0.522. The van der Waals surface area contributed by atoms with Crippen LogP contribution in [0.3, 0.4) is 0 Å². The second kappa shape index (κ2) is 6.62. The van der Waals surface area contributed by atoms with Crippen LogP contribution in [0.15, 0.2) is 12.7 Å². The summed E-state index contributed by atoms with van der Waals surface area (Å²) in [6.07, 6.45) is 4.44. The predicted octanol–water partition coefficient (Wildman–Crippen LogP) is 2.29. The predicted molar refractivity (Wildman–Crippen MR) is 60.5 cm³/mol. The fraction of sp³-hybridized carbons (Fsp3) is 0.750. The maximum absolute atomic E-state index is 10.6. The molecule has 0 amide bonds. The van der Waals surface area contributed by atoms with Crippen molar-refractivity contribution in [2.45, 2.75) is 45.6 Å².